The zero-order chi connectivity index (χ0) is 23.8. The summed E-state index contributed by atoms with van der Waals surface area (Å²) >= 11 is 13.8. The smallest absolute Gasteiger partial charge is 0.251 e. The van der Waals surface area contributed by atoms with Gasteiger partial charge < -0.3 is 10.2 Å². The molecule has 0 spiro atoms. The van der Waals surface area contributed by atoms with Crippen LogP contribution in [0.1, 0.15) is 21.5 Å². The van der Waals surface area contributed by atoms with Gasteiger partial charge in [0.1, 0.15) is 0 Å². The Kier molecular flexibility index (Phi) is 9.17. The number of rotatable bonds is 9. The number of hydrogen-bond acceptors (Lipinski definition) is 4. The SMILES string of the molecule is O=C(NCCSCc1ccc(Cl)c(Cl)c1)c1ccc(CN2CCN(c3ccccc3)CC2)cc1. The molecule has 1 amide bonds. The topological polar surface area (TPSA) is 35.6 Å². The van der Waals surface area contributed by atoms with Gasteiger partial charge in [-0.2, -0.15) is 11.8 Å². The Balaban J connectivity index is 1.15. The second-order valence-corrected chi connectivity index (χ2v) is 10.3. The van der Waals surface area contributed by atoms with Crippen molar-refractivity contribution in [1.82, 2.24) is 10.2 Å². The second-order valence-electron chi connectivity index (χ2n) is 8.35. The summed E-state index contributed by atoms with van der Waals surface area (Å²) in [4.78, 5) is 17.4. The molecular weight excluding hydrogens is 485 g/mol. The van der Waals surface area contributed by atoms with Crippen LogP contribution in [0.2, 0.25) is 10.0 Å². The third-order valence-corrected chi connectivity index (χ3v) is 7.67. The number of anilines is 1. The van der Waals surface area contributed by atoms with Gasteiger partial charge in [-0.05, 0) is 47.5 Å². The molecule has 178 valence electrons. The number of nitrogens with one attached hydrogen (secondary N) is 1. The molecule has 0 aromatic heterocycles. The fourth-order valence-corrected chi connectivity index (χ4v) is 5.11. The van der Waals surface area contributed by atoms with Crippen molar-refractivity contribution in [3.05, 3.63) is 99.5 Å². The average molecular weight is 515 g/mol. The molecule has 0 bridgehead atoms. The zero-order valence-electron chi connectivity index (χ0n) is 19.1. The summed E-state index contributed by atoms with van der Waals surface area (Å²) in [5.74, 6) is 1.64. The first-order valence-corrected chi connectivity index (χ1v) is 13.4. The summed E-state index contributed by atoms with van der Waals surface area (Å²) in [6.45, 7) is 5.68. The van der Waals surface area contributed by atoms with E-state index in [0.29, 0.717) is 22.2 Å². The van der Waals surface area contributed by atoms with E-state index in [1.165, 1.54) is 11.3 Å². The number of amides is 1. The lowest BCUT2D eigenvalue weighted by Gasteiger charge is -2.36. The standard InChI is InChI=1S/C27H29Cl2N3OS/c28-25-11-8-22(18-26(25)29)20-34-17-12-30-27(33)23-9-6-21(7-10-23)19-31-13-15-32(16-14-31)24-4-2-1-3-5-24/h1-11,18H,12-17,19-20H2,(H,30,33). The van der Waals surface area contributed by atoms with Gasteiger partial charge in [-0.25, -0.2) is 0 Å². The van der Waals surface area contributed by atoms with Gasteiger partial charge in [0.15, 0.2) is 0 Å². The van der Waals surface area contributed by atoms with Crippen LogP contribution in [0.25, 0.3) is 0 Å². The van der Waals surface area contributed by atoms with E-state index < -0.39 is 0 Å². The maximum atomic E-state index is 12.5. The highest BCUT2D eigenvalue weighted by atomic mass is 35.5. The molecule has 0 atom stereocenters. The van der Waals surface area contributed by atoms with E-state index in [1.807, 2.05) is 30.3 Å². The van der Waals surface area contributed by atoms with E-state index in [4.69, 9.17) is 23.2 Å². The Bertz CT molecular complexity index is 1070. The molecule has 1 fully saturated rings. The molecule has 4 nitrogen and oxygen atoms in total. The van der Waals surface area contributed by atoms with Crippen molar-refractivity contribution in [3.63, 3.8) is 0 Å². The predicted molar refractivity (Wildman–Crippen MR) is 145 cm³/mol. The maximum Gasteiger partial charge on any atom is 0.251 e. The van der Waals surface area contributed by atoms with Crippen molar-refractivity contribution >= 4 is 46.6 Å². The molecule has 1 N–H and O–H groups in total. The third kappa shape index (κ3) is 7.16. The van der Waals surface area contributed by atoms with Crippen molar-refractivity contribution in [2.75, 3.05) is 43.4 Å². The van der Waals surface area contributed by atoms with Crippen molar-refractivity contribution < 1.29 is 4.79 Å². The van der Waals surface area contributed by atoms with Gasteiger partial charge in [0.2, 0.25) is 0 Å². The minimum Gasteiger partial charge on any atom is -0.369 e. The molecule has 0 radical (unpaired) electrons. The van der Waals surface area contributed by atoms with Gasteiger partial charge in [0.25, 0.3) is 5.91 Å². The molecule has 4 rings (SSSR count). The number of nitrogens with zero attached hydrogens (tertiary/aromatic N) is 2. The molecule has 1 aliphatic rings. The highest BCUT2D eigenvalue weighted by molar-refractivity contribution is 7.98. The zero-order valence-corrected chi connectivity index (χ0v) is 21.4. The summed E-state index contributed by atoms with van der Waals surface area (Å²) in [6, 6.07) is 24.3. The highest BCUT2D eigenvalue weighted by Crippen LogP contribution is 2.24. The Morgan fingerprint density at radius 2 is 1.56 bits per heavy atom. The first-order chi connectivity index (χ1) is 16.6. The van der Waals surface area contributed by atoms with Crippen LogP contribution in [0.3, 0.4) is 0 Å². The summed E-state index contributed by atoms with van der Waals surface area (Å²) in [6.07, 6.45) is 0. The normalized spacial score (nSPS) is 14.2. The first-order valence-electron chi connectivity index (χ1n) is 11.5. The van der Waals surface area contributed by atoms with Crippen molar-refractivity contribution in [1.29, 1.82) is 0 Å². The van der Waals surface area contributed by atoms with Crippen LogP contribution < -0.4 is 10.2 Å². The number of para-hydroxylation sites is 1. The Morgan fingerprint density at radius 3 is 2.26 bits per heavy atom. The van der Waals surface area contributed by atoms with Gasteiger partial charge in [0, 0.05) is 62.0 Å². The Morgan fingerprint density at radius 1 is 0.853 bits per heavy atom. The van der Waals surface area contributed by atoms with Crippen LogP contribution in [-0.4, -0.2) is 49.3 Å². The highest BCUT2D eigenvalue weighted by Gasteiger charge is 2.17. The van der Waals surface area contributed by atoms with Crippen LogP contribution in [0.5, 0.6) is 0 Å². The summed E-state index contributed by atoms with van der Waals surface area (Å²) < 4.78 is 0. The largest absolute Gasteiger partial charge is 0.369 e. The molecule has 1 saturated heterocycles. The predicted octanol–water partition coefficient (Wildman–Crippen LogP) is 5.98. The quantitative estimate of drug-likeness (QED) is 0.357. The van der Waals surface area contributed by atoms with E-state index in [0.717, 1.165) is 49.8 Å². The summed E-state index contributed by atoms with van der Waals surface area (Å²) in [5, 5.41) is 4.15. The molecule has 7 heteroatoms. The molecule has 0 unspecified atom stereocenters. The van der Waals surface area contributed by atoms with E-state index in [9.17, 15) is 4.79 Å². The lowest BCUT2D eigenvalue weighted by molar-refractivity contribution is 0.0956. The van der Waals surface area contributed by atoms with Crippen LogP contribution in [-0.2, 0) is 12.3 Å². The second kappa shape index (κ2) is 12.5. The molecule has 0 aliphatic carbocycles. The van der Waals surface area contributed by atoms with Gasteiger partial charge >= 0.3 is 0 Å². The van der Waals surface area contributed by atoms with Gasteiger partial charge in [0.05, 0.1) is 10.0 Å². The van der Waals surface area contributed by atoms with Gasteiger partial charge in [-0.3, -0.25) is 9.69 Å². The lowest BCUT2D eigenvalue weighted by atomic mass is 10.1. The van der Waals surface area contributed by atoms with Gasteiger partial charge in [-0.1, -0.05) is 59.6 Å². The summed E-state index contributed by atoms with van der Waals surface area (Å²) in [5.41, 5.74) is 4.36. The number of hydrogen-bond donors (Lipinski definition) is 1. The molecule has 0 saturated carbocycles. The average Bonchev–Trinajstić information content (AvgIpc) is 2.87. The van der Waals surface area contributed by atoms with Crippen LogP contribution >= 0.6 is 35.0 Å². The molecule has 3 aromatic carbocycles. The minimum atomic E-state index is -0.0295. The molecule has 1 heterocycles. The van der Waals surface area contributed by atoms with Crippen LogP contribution in [0.4, 0.5) is 5.69 Å². The molecule has 3 aromatic rings. The molecular formula is C27H29Cl2N3OS. The van der Waals surface area contributed by atoms with Crippen molar-refractivity contribution in [2.45, 2.75) is 12.3 Å². The third-order valence-electron chi connectivity index (χ3n) is 5.90. The van der Waals surface area contributed by atoms with Crippen molar-refractivity contribution in [2.24, 2.45) is 0 Å². The first kappa shape index (κ1) is 24.9. The van der Waals surface area contributed by atoms with Gasteiger partial charge in [-0.15, -0.1) is 0 Å². The maximum absolute atomic E-state index is 12.5. The number of carbonyl (C=O) groups excluding carboxylic acids is 1. The van der Waals surface area contributed by atoms with E-state index in [-0.39, 0.29) is 5.91 Å². The molecule has 1 aliphatic heterocycles. The van der Waals surface area contributed by atoms with Crippen molar-refractivity contribution in [3.8, 4) is 0 Å². The number of piperazine rings is 1. The fourth-order valence-electron chi connectivity index (χ4n) is 3.98. The number of carbonyl (C=O) groups is 1. The number of halogens is 2. The van der Waals surface area contributed by atoms with E-state index in [1.54, 1.807) is 11.8 Å². The van der Waals surface area contributed by atoms with Crippen LogP contribution in [0, 0.1) is 0 Å². The monoisotopic (exact) mass is 513 g/mol. The van der Waals surface area contributed by atoms with E-state index >= 15 is 0 Å². The Hall–Kier alpha value is -2.18. The fraction of sp³-hybridized carbons (Fsp3) is 0.296. The molecule has 34 heavy (non-hydrogen) atoms. The van der Waals surface area contributed by atoms with Crippen LogP contribution in [0.15, 0.2) is 72.8 Å². The Labute approximate surface area is 216 Å². The minimum absolute atomic E-state index is 0.0295. The number of benzene rings is 3. The summed E-state index contributed by atoms with van der Waals surface area (Å²) in [7, 11) is 0. The number of thioether (sulfide) groups is 1. The lowest BCUT2D eigenvalue weighted by Crippen LogP contribution is -2.45. The van der Waals surface area contributed by atoms with E-state index in [2.05, 4.69) is 57.6 Å².